The summed E-state index contributed by atoms with van der Waals surface area (Å²) in [5.41, 5.74) is 1.23. The summed E-state index contributed by atoms with van der Waals surface area (Å²) in [6.07, 6.45) is 2.10. The van der Waals surface area contributed by atoms with E-state index in [0.717, 1.165) is 25.9 Å². The van der Waals surface area contributed by atoms with Crippen molar-refractivity contribution >= 4 is 11.8 Å². The molecule has 0 bridgehead atoms. The second kappa shape index (κ2) is 7.82. The molecule has 1 aliphatic heterocycles. The fourth-order valence-electron chi connectivity index (χ4n) is 2.40. The molecular formula is C17H24N2O3. The van der Waals surface area contributed by atoms with Crippen LogP contribution in [0.3, 0.4) is 0 Å². The minimum absolute atomic E-state index is 0.0212. The van der Waals surface area contributed by atoms with Crippen LogP contribution in [0.4, 0.5) is 0 Å². The first-order valence-corrected chi connectivity index (χ1v) is 7.83. The van der Waals surface area contributed by atoms with Crippen LogP contribution in [0, 0.1) is 0 Å². The minimum atomic E-state index is -0.277. The van der Waals surface area contributed by atoms with Crippen molar-refractivity contribution in [3.8, 4) is 5.75 Å². The number of benzene rings is 1. The lowest BCUT2D eigenvalue weighted by Crippen LogP contribution is -2.40. The summed E-state index contributed by atoms with van der Waals surface area (Å²) in [6, 6.07) is 7.71. The van der Waals surface area contributed by atoms with E-state index >= 15 is 0 Å². The van der Waals surface area contributed by atoms with Crippen molar-refractivity contribution in [3.63, 3.8) is 0 Å². The van der Waals surface area contributed by atoms with E-state index < -0.39 is 0 Å². The van der Waals surface area contributed by atoms with Gasteiger partial charge in [0.25, 0.3) is 5.91 Å². The fraction of sp³-hybridized carbons (Fsp3) is 0.529. The van der Waals surface area contributed by atoms with Gasteiger partial charge in [0.2, 0.25) is 5.91 Å². The summed E-state index contributed by atoms with van der Waals surface area (Å²) in [5, 5.41) is 2.60. The van der Waals surface area contributed by atoms with Crippen molar-refractivity contribution in [3.05, 3.63) is 29.8 Å². The lowest BCUT2D eigenvalue weighted by atomic mass is 10.0. The van der Waals surface area contributed by atoms with E-state index in [1.54, 1.807) is 4.90 Å². The van der Waals surface area contributed by atoms with Crippen molar-refractivity contribution in [2.45, 2.75) is 32.6 Å². The highest BCUT2D eigenvalue weighted by molar-refractivity contribution is 5.85. The second-order valence-corrected chi connectivity index (χ2v) is 5.88. The molecule has 2 amide bonds. The molecule has 1 aliphatic rings. The summed E-state index contributed by atoms with van der Waals surface area (Å²) >= 11 is 0. The molecule has 120 valence electrons. The van der Waals surface area contributed by atoms with E-state index in [-0.39, 0.29) is 25.0 Å². The van der Waals surface area contributed by atoms with Gasteiger partial charge in [-0.15, -0.1) is 0 Å². The molecule has 5 nitrogen and oxygen atoms in total. The molecule has 0 saturated carbocycles. The third kappa shape index (κ3) is 4.76. The zero-order valence-electron chi connectivity index (χ0n) is 13.3. The molecule has 22 heavy (non-hydrogen) atoms. The Bertz CT molecular complexity index is 505. The van der Waals surface area contributed by atoms with Gasteiger partial charge in [0.1, 0.15) is 5.75 Å². The maximum atomic E-state index is 11.8. The van der Waals surface area contributed by atoms with E-state index in [9.17, 15) is 9.59 Å². The van der Waals surface area contributed by atoms with E-state index in [4.69, 9.17) is 4.74 Å². The van der Waals surface area contributed by atoms with Crippen LogP contribution in [0.25, 0.3) is 0 Å². The van der Waals surface area contributed by atoms with Crippen molar-refractivity contribution in [2.24, 2.45) is 0 Å². The average Bonchev–Trinajstić information content (AvgIpc) is 3.05. The summed E-state index contributed by atoms with van der Waals surface area (Å²) in [4.78, 5) is 25.3. The molecule has 0 aliphatic carbocycles. The minimum Gasteiger partial charge on any atom is -0.484 e. The molecule has 1 fully saturated rings. The third-order valence-electron chi connectivity index (χ3n) is 3.81. The number of nitrogens with one attached hydrogen (secondary N) is 1. The summed E-state index contributed by atoms with van der Waals surface area (Å²) in [6.45, 7) is 5.82. The highest BCUT2D eigenvalue weighted by Gasteiger charge is 2.18. The van der Waals surface area contributed by atoms with E-state index in [2.05, 4.69) is 19.2 Å². The predicted octanol–water partition coefficient (Wildman–Crippen LogP) is 1.93. The number of likely N-dealkylation sites (tertiary alicyclic amines) is 1. The first kappa shape index (κ1) is 16.3. The van der Waals surface area contributed by atoms with Gasteiger partial charge in [0.05, 0.1) is 6.54 Å². The quantitative estimate of drug-likeness (QED) is 0.873. The molecule has 0 spiro atoms. The van der Waals surface area contributed by atoms with Crippen molar-refractivity contribution in [1.29, 1.82) is 0 Å². The molecule has 0 unspecified atom stereocenters. The number of hydrogen-bond acceptors (Lipinski definition) is 3. The Kier molecular flexibility index (Phi) is 5.81. The van der Waals surface area contributed by atoms with Crippen LogP contribution in [0.2, 0.25) is 0 Å². The van der Waals surface area contributed by atoms with Crippen molar-refractivity contribution in [2.75, 3.05) is 26.2 Å². The summed E-state index contributed by atoms with van der Waals surface area (Å²) in [5.74, 6) is 0.826. The van der Waals surface area contributed by atoms with Gasteiger partial charge in [-0.05, 0) is 36.5 Å². The number of hydrogen-bond donors (Lipinski definition) is 1. The number of nitrogens with zero attached hydrogens (tertiary/aromatic N) is 1. The van der Waals surface area contributed by atoms with Gasteiger partial charge >= 0.3 is 0 Å². The third-order valence-corrected chi connectivity index (χ3v) is 3.81. The highest BCUT2D eigenvalue weighted by atomic mass is 16.5. The molecule has 2 rings (SSSR count). The standard InChI is InChI=1S/C17H24N2O3/c1-13(2)14-5-7-15(8-6-14)22-12-16(20)18-11-17(21)19-9-3-4-10-19/h5-8,13H,3-4,9-12H2,1-2H3,(H,18,20). The molecule has 5 heteroatoms. The lowest BCUT2D eigenvalue weighted by molar-refractivity contribution is -0.132. The number of rotatable bonds is 6. The van der Waals surface area contributed by atoms with Gasteiger partial charge in [0, 0.05) is 13.1 Å². The largest absolute Gasteiger partial charge is 0.484 e. The monoisotopic (exact) mass is 304 g/mol. The summed E-state index contributed by atoms with van der Waals surface area (Å²) in [7, 11) is 0. The Morgan fingerprint density at radius 3 is 2.41 bits per heavy atom. The van der Waals surface area contributed by atoms with Crippen LogP contribution < -0.4 is 10.1 Å². The number of amides is 2. The highest BCUT2D eigenvalue weighted by Crippen LogP contribution is 2.18. The van der Waals surface area contributed by atoms with E-state index in [1.165, 1.54) is 5.56 Å². The van der Waals surface area contributed by atoms with Gasteiger partial charge in [-0.25, -0.2) is 0 Å². The van der Waals surface area contributed by atoms with Crippen LogP contribution >= 0.6 is 0 Å². The van der Waals surface area contributed by atoms with Gasteiger partial charge < -0.3 is 15.0 Å². The molecule has 1 saturated heterocycles. The Labute approximate surface area is 131 Å². The first-order chi connectivity index (χ1) is 10.6. The Morgan fingerprint density at radius 2 is 1.82 bits per heavy atom. The second-order valence-electron chi connectivity index (χ2n) is 5.88. The summed E-state index contributed by atoms with van der Waals surface area (Å²) < 4.78 is 5.42. The zero-order valence-corrected chi connectivity index (χ0v) is 13.3. The normalized spacial score (nSPS) is 14.2. The Morgan fingerprint density at radius 1 is 1.18 bits per heavy atom. The topological polar surface area (TPSA) is 58.6 Å². The van der Waals surface area contributed by atoms with Crippen LogP contribution in [-0.4, -0.2) is 43.0 Å². The molecule has 1 aromatic carbocycles. The maximum Gasteiger partial charge on any atom is 0.258 e. The predicted molar refractivity (Wildman–Crippen MR) is 84.8 cm³/mol. The van der Waals surface area contributed by atoms with Gasteiger partial charge in [-0.2, -0.15) is 0 Å². The molecule has 1 N–H and O–H groups in total. The van der Waals surface area contributed by atoms with Crippen LogP contribution in [-0.2, 0) is 9.59 Å². The number of carbonyl (C=O) groups is 2. The fourth-order valence-corrected chi connectivity index (χ4v) is 2.40. The average molecular weight is 304 g/mol. The zero-order chi connectivity index (χ0) is 15.9. The number of ether oxygens (including phenoxy) is 1. The van der Waals surface area contributed by atoms with Crippen molar-refractivity contribution in [1.82, 2.24) is 10.2 Å². The Hall–Kier alpha value is -2.04. The molecule has 0 radical (unpaired) electrons. The SMILES string of the molecule is CC(C)c1ccc(OCC(=O)NCC(=O)N2CCCC2)cc1. The van der Waals surface area contributed by atoms with Gasteiger partial charge in [-0.3, -0.25) is 9.59 Å². The van der Waals surface area contributed by atoms with Gasteiger partial charge in [-0.1, -0.05) is 26.0 Å². The Balaban J connectivity index is 1.69. The molecule has 0 aromatic heterocycles. The van der Waals surface area contributed by atoms with Crippen LogP contribution in [0.15, 0.2) is 24.3 Å². The molecule has 1 heterocycles. The van der Waals surface area contributed by atoms with Crippen LogP contribution in [0.1, 0.15) is 38.2 Å². The molecular weight excluding hydrogens is 280 g/mol. The van der Waals surface area contributed by atoms with Crippen LogP contribution in [0.5, 0.6) is 5.75 Å². The van der Waals surface area contributed by atoms with E-state index in [0.29, 0.717) is 11.7 Å². The smallest absolute Gasteiger partial charge is 0.258 e. The van der Waals surface area contributed by atoms with Gasteiger partial charge in [0.15, 0.2) is 6.61 Å². The maximum absolute atomic E-state index is 11.8. The molecule has 1 aromatic rings. The first-order valence-electron chi connectivity index (χ1n) is 7.83. The molecule has 0 atom stereocenters. The van der Waals surface area contributed by atoms with E-state index in [1.807, 2.05) is 24.3 Å². The van der Waals surface area contributed by atoms with Crippen molar-refractivity contribution < 1.29 is 14.3 Å². The lowest BCUT2D eigenvalue weighted by Gasteiger charge is -2.15. The number of carbonyl (C=O) groups excluding carboxylic acids is 2.